The second kappa shape index (κ2) is 5.79. The lowest BCUT2D eigenvalue weighted by molar-refractivity contribution is 0.0912. The normalized spacial score (nSPS) is 20.0. The van der Waals surface area contributed by atoms with Crippen molar-refractivity contribution in [2.24, 2.45) is 5.92 Å². The van der Waals surface area contributed by atoms with Crippen molar-refractivity contribution in [2.45, 2.75) is 37.7 Å². The minimum absolute atomic E-state index is 0.131. The Kier molecular flexibility index (Phi) is 4.46. The molecule has 1 aromatic carbocycles. The van der Waals surface area contributed by atoms with Crippen molar-refractivity contribution in [2.75, 3.05) is 13.1 Å². The second-order valence-electron chi connectivity index (χ2n) is 5.39. The Morgan fingerprint density at radius 3 is 2.45 bits per heavy atom. The van der Waals surface area contributed by atoms with Crippen LogP contribution in [0.4, 0.5) is 4.39 Å². The third kappa shape index (κ3) is 3.02. The molecule has 6 heteroatoms. The molecule has 0 amide bonds. The number of hydrogen-bond acceptors (Lipinski definition) is 3. The largest absolute Gasteiger partial charge is 0.393 e. The Hall–Kier alpha value is -0.980. The Labute approximate surface area is 119 Å². The molecule has 0 bridgehead atoms. The van der Waals surface area contributed by atoms with E-state index >= 15 is 0 Å². The monoisotopic (exact) mass is 301 g/mol. The summed E-state index contributed by atoms with van der Waals surface area (Å²) in [5.41, 5.74) is 0.324. The fourth-order valence-electron chi connectivity index (χ4n) is 2.53. The van der Waals surface area contributed by atoms with Gasteiger partial charge in [0.05, 0.1) is 11.0 Å². The maximum Gasteiger partial charge on any atom is 0.243 e. The minimum Gasteiger partial charge on any atom is -0.393 e. The zero-order valence-corrected chi connectivity index (χ0v) is 12.5. The van der Waals surface area contributed by atoms with Crippen LogP contribution in [0.25, 0.3) is 0 Å². The van der Waals surface area contributed by atoms with Gasteiger partial charge in [-0.15, -0.1) is 0 Å². The van der Waals surface area contributed by atoms with E-state index in [0.717, 1.165) is 0 Å². The van der Waals surface area contributed by atoms with Crippen molar-refractivity contribution < 1.29 is 17.9 Å². The average Bonchev–Trinajstić information content (AvgIpc) is 2.41. The molecule has 4 nitrogen and oxygen atoms in total. The summed E-state index contributed by atoms with van der Waals surface area (Å²) >= 11 is 0. The van der Waals surface area contributed by atoms with Crippen LogP contribution in [-0.2, 0) is 10.0 Å². The molecule has 1 saturated heterocycles. The lowest BCUT2D eigenvalue weighted by Gasteiger charge is -2.32. The van der Waals surface area contributed by atoms with Gasteiger partial charge in [0.2, 0.25) is 10.0 Å². The fourth-order valence-corrected chi connectivity index (χ4v) is 4.08. The number of rotatable bonds is 3. The summed E-state index contributed by atoms with van der Waals surface area (Å²) in [4.78, 5) is 0.131. The summed E-state index contributed by atoms with van der Waals surface area (Å²) in [6.45, 7) is 4.08. The molecule has 0 aliphatic carbocycles. The molecular formula is C14H20FNO3S. The SMILES string of the molecule is Cc1cc(S(=O)(=O)N2CCC(C(C)O)CC2)ccc1F. The van der Waals surface area contributed by atoms with E-state index in [0.29, 0.717) is 31.5 Å². The molecule has 1 aromatic rings. The van der Waals surface area contributed by atoms with Crippen LogP contribution in [0.1, 0.15) is 25.3 Å². The molecule has 1 atom stereocenters. The van der Waals surface area contributed by atoms with Crippen LogP contribution < -0.4 is 0 Å². The van der Waals surface area contributed by atoms with Crippen molar-refractivity contribution in [3.8, 4) is 0 Å². The van der Waals surface area contributed by atoms with Crippen molar-refractivity contribution in [3.05, 3.63) is 29.6 Å². The number of hydrogen-bond donors (Lipinski definition) is 1. The van der Waals surface area contributed by atoms with Gasteiger partial charge in [-0.2, -0.15) is 4.31 Å². The van der Waals surface area contributed by atoms with Gasteiger partial charge in [0, 0.05) is 13.1 Å². The third-order valence-corrected chi connectivity index (χ3v) is 5.84. The molecule has 1 aliphatic heterocycles. The van der Waals surface area contributed by atoms with Crippen LogP contribution in [0.3, 0.4) is 0 Å². The molecule has 1 fully saturated rings. The van der Waals surface area contributed by atoms with Gasteiger partial charge in [0.1, 0.15) is 5.82 Å². The van der Waals surface area contributed by atoms with Gasteiger partial charge in [0.25, 0.3) is 0 Å². The number of nitrogens with zero attached hydrogens (tertiary/aromatic N) is 1. The predicted octanol–water partition coefficient (Wildman–Crippen LogP) is 1.92. The van der Waals surface area contributed by atoms with E-state index in [9.17, 15) is 17.9 Å². The Balaban J connectivity index is 2.17. The van der Waals surface area contributed by atoms with Gasteiger partial charge in [-0.3, -0.25) is 0 Å². The molecule has 1 aliphatic rings. The summed E-state index contributed by atoms with van der Waals surface area (Å²) in [5, 5.41) is 9.54. The molecule has 0 radical (unpaired) electrons. The van der Waals surface area contributed by atoms with E-state index in [4.69, 9.17) is 0 Å². The highest BCUT2D eigenvalue weighted by molar-refractivity contribution is 7.89. The number of sulfonamides is 1. The third-order valence-electron chi connectivity index (χ3n) is 3.95. The lowest BCUT2D eigenvalue weighted by Crippen LogP contribution is -2.40. The van der Waals surface area contributed by atoms with E-state index in [1.165, 1.54) is 22.5 Å². The highest BCUT2D eigenvalue weighted by atomic mass is 32.2. The minimum atomic E-state index is -3.57. The van der Waals surface area contributed by atoms with Crippen molar-refractivity contribution >= 4 is 10.0 Å². The molecule has 20 heavy (non-hydrogen) atoms. The van der Waals surface area contributed by atoms with Gasteiger partial charge in [-0.1, -0.05) is 0 Å². The van der Waals surface area contributed by atoms with E-state index in [1.54, 1.807) is 13.8 Å². The van der Waals surface area contributed by atoms with Crippen LogP contribution in [0, 0.1) is 18.7 Å². The summed E-state index contributed by atoms with van der Waals surface area (Å²) < 4.78 is 39.6. The van der Waals surface area contributed by atoms with Crippen LogP contribution in [0.2, 0.25) is 0 Å². The van der Waals surface area contributed by atoms with Crippen LogP contribution in [-0.4, -0.2) is 37.0 Å². The maximum atomic E-state index is 13.2. The highest BCUT2D eigenvalue weighted by Crippen LogP contribution is 2.26. The highest BCUT2D eigenvalue weighted by Gasteiger charge is 2.31. The lowest BCUT2D eigenvalue weighted by atomic mass is 9.93. The van der Waals surface area contributed by atoms with E-state index in [-0.39, 0.29) is 10.8 Å². The molecule has 0 spiro atoms. The molecule has 1 unspecified atom stereocenters. The molecule has 0 saturated carbocycles. The molecule has 112 valence electrons. The standard InChI is InChI=1S/C14H20FNO3S/c1-10-9-13(3-4-14(10)15)20(18,19)16-7-5-12(6-8-16)11(2)17/h3-4,9,11-12,17H,5-8H2,1-2H3. The Bertz CT molecular complexity index is 578. The zero-order chi connectivity index (χ0) is 14.9. The first-order chi connectivity index (χ1) is 9.32. The maximum absolute atomic E-state index is 13.2. The Morgan fingerprint density at radius 2 is 1.95 bits per heavy atom. The van der Waals surface area contributed by atoms with Crippen LogP contribution in [0.5, 0.6) is 0 Å². The van der Waals surface area contributed by atoms with Gasteiger partial charge < -0.3 is 5.11 Å². The van der Waals surface area contributed by atoms with Crippen molar-refractivity contribution in [1.29, 1.82) is 0 Å². The topological polar surface area (TPSA) is 57.6 Å². The molecule has 2 rings (SSSR count). The van der Waals surface area contributed by atoms with Crippen molar-refractivity contribution in [3.63, 3.8) is 0 Å². The number of aliphatic hydroxyl groups excluding tert-OH is 1. The molecule has 1 N–H and O–H groups in total. The molecular weight excluding hydrogens is 281 g/mol. The van der Waals surface area contributed by atoms with Gasteiger partial charge in [-0.25, -0.2) is 12.8 Å². The smallest absolute Gasteiger partial charge is 0.243 e. The number of halogens is 1. The molecule has 1 heterocycles. The van der Waals surface area contributed by atoms with E-state index in [2.05, 4.69) is 0 Å². The zero-order valence-electron chi connectivity index (χ0n) is 11.7. The fraction of sp³-hybridized carbons (Fsp3) is 0.571. The quantitative estimate of drug-likeness (QED) is 0.928. The first kappa shape index (κ1) is 15.4. The average molecular weight is 301 g/mol. The van der Waals surface area contributed by atoms with E-state index in [1.807, 2.05) is 0 Å². The summed E-state index contributed by atoms with van der Waals surface area (Å²) in [5.74, 6) is -0.256. The number of benzene rings is 1. The van der Waals surface area contributed by atoms with Crippen molar-refractivity contribution in [1.82, 2.24) is 4.31 Å². The first-order valence-electron chi connectivity index (χ1n) is 6.76. The van der Waals surface area contributed by atoms with Gasteiger partial charge >= 0.3 is 0 Å². The first-order valence-corrected chi connectivity index (χ1v) is 8.20. The number of aliphatic hydroxyl groups is 1. The summed E-state index contributed by atoms with van der Waals surface area (Å²) in [7, 11) is -3.57. The summed E-state index contributed by atoms with van der Waals surface area (Å²) in [6.07, 6.45) is 0.890. The Morgan fingerprint density at radius 1 is 1.35 bits per heavy atom. The number of piperidine rings is 1. The van der Waals surface area contributed by atoms with Crippen LogP contribution >= 0.6 is 0 Å². The number of aryl methyl sites for hydroxylation is 1. The second-order valence-corrected chi connectivity index (χ2v) is 7.33. The van der Waals surface area contributed by atoms with Gasteiger partial charge in [-0.05, 0) is 56.4 Å². The predicted molar refractivity (Wildman–Crippen MR) is 74.3 cm³/mol. The molecule has 0 aromatic heterocycles. The van der Waals surface area contributed by atoms with Crippen LogP contribution in [0.15, 0.2) is 23.1 Å². The summed E-state index contributed by atoms with van der Waals surface area (Å²) in [6, 6.07) is 3.86. The van der Waals surface area contributed by atoms with E-state index < -0.39 is 21.9 Å². The van der Waals surface area contributed by atoms with Gasteiger partial charge in [0.15, 0.2) is 0 Å².